The number of rotatable bonds is 3. The van der Waals surface area contributed by atoms with Gasteiger partial charge in [-0.2, -0.15) is 0 Å². The third kappa shape index (κ3) is 2.85. The topological polar surface area (TPSA) is 97.0 Å². The van der Waals surface area contributed by atoms with Crippen molar-refractivity contribution in [3.63, 3.8) is 0 Å². The van der Waals surface area contributed by atoms with Gasteiger partial charge in [-0.3, -0.25) is 14.4 Å². The molecule has 1 aromatic carbocycles. The van der Waals surface area contributed by atoms with Crippen LogP contribution in [0.15, 0.2) is 22.6 Å². The first-order chi connectivity index (χ1) is 11.8. The molecule has 130 valence electrons. The Morgan fingerprint density at radius 1 is 1.32 bits per heavy atom. The lowest BCUT2D eigenvalue weighted by atomic mass is 10.1. The molecule has 2 heterocycles. The molecule has 0 aliphatic carbocycles. The van der Waals surface area contributed by atoms with Gasteiger partial charge in [0, 0.05) is 19.8 Å². The van der Waals surface area contributed by atoms with E-state index in [-0.39, 0.29) is 23.4 Å². The maximum absolute atomic E-state index is 14.2. The fraction of sp³-hybridized carbons (Fsp3) is 0.188. The molecule has 0 spiro atoms. The highest BCUT2D eigenvalue weighted by molar-refractivity contribution is 6.31. The van der Waals surface area contributed by atoms with Crippen LogP contribution in [0.2, 0.25) is 5.02 Å². The van der Waals surface area contributed by atoms with Gasteiger partial charge in [0.15, 0.2) is 11.6 Å². The SMILES string of the molecule is CC(=O)Oc1c(N2C(=O)CCC2=O)oc(-c2cccc(Cl)c2F)c1O. The lowest BCUT2D eigenvalue weighted by Gasteiger charge is -2.11. The molecule has 0 unspecified atom stereocenters. The Morgan fingerprint density at radius 3 is 2.56 bits per heavy atom. The van der Waals surface area contributed by atoms with Crippen LogP contribution in [-0.4, -0.2) is 22.9 Å². The van der Waals surface area contributed by atoms with Crippen molar-refractivity contribution in [3.05, 3.63) is 29.0 Å². The molecule has 25 heavy (non-hydrogen) atoms. The normalized spacial score (nSPS) is 14.3. The molecule has 1 aromatic heterocycles. The van der Waals surface area contributed by atoms with Crippen molar-refractivity contribution in [2.75, 3.05) is 4.90 Å². The summed E-state index contributed by atoms with van der Waals surface area (Å²) in [6.07, 6.45) is -0.110. The zero-order chi connectivity index (χ0) is 18.3. The molecule has 0 saturated carbocycles. The van der Waals surface area contributed by atoms with Crippen LogP contribution >= 0.6 is 11.6 Å². The van der Waals surface area contributed by atoms with E-state index in [4.69, 9.17) is 20.8 Å². The Hall–Kier alpha value is -2.87. The molecule has 1 fully saturated rings. The van der Waals surface area contributed by atoms with Gasteiger partial charge < -0.3 is 14.3 Å². The molecule has 1 saturated heterocycles. The molecule has 9 heteroatoms. The summed E-state index contributed by atoms with van der Waals surface area (Å²) < 4.78 is 24.5. The van der Waals surface area contributed by atoms with Crippen LogP contribution in [0, 0.1) is 5.82 Å². The van der Waals surface area contributed by atoms with Crippen molar-refractivity contribution in [1.82, 2.24) is 0 Å². The fourth-order valence-electron chi connectivity index (χ4n) is 2.44. The minimum atomic E-state index is -0.881. The minimum absolute atomic E-state index is 0.0549. The number of carbonyl (C=O) groups is 3. The van der Waals surface area contributed by atoms with Gasteiger partial charge in [0.2, 0.25) is 23.3 Å². The zero-order valence-corrected chi connectivity index (χ0v) is 13.6. The maximum Gasteiger partial charge on any atom is 0.308 e. The summed E-state index contributed by atoms with van der Waals surface area (Å²) in [7, 11) is 0. The minimum Gasteiger partial charge on any atom is -0.502 e. The van der Waals surface area contributed by atoms with Crippen molar-refractivity contribution in [2.45, 2.75) is 19.8 Å². The molecular weight excluding hydrogens is 357 g/mol. The molecule has 1 N–H and O–H groups in total. The zero-order valence-electron chi connectivity index (χ0n) is 12.8. The molecule has 2 amide bonds. The molecule has 0 atom stereocenters. The van der Waals surface area contributed by atoms with Crippen molar-refractivity contribution >= 4 is 35.3 Å². The second-order valence-corrected chi connectivity index (χ2v) is 5.64. The van der Waals surface area contributed by atoms with E-state index in [1.54, 1.807) is 0 Å². The number of esters is 1. The van der Waals surface area contributed by atoms with Gasteiger partial charge in [0.1, 0.15) is 0 Å². The van der Waals surface area contributed by atoms with Gasteiger partial charge in [0.05, 0.1) is 10.6 Å². The third-order valence-corrected chi connectivity index (χ3v) is 3.81. The van der Waals surface area contributed by atoms with Crippen LogP contribution < -0.4 is 9.64 Å². The predicted octanol–water partition coefficient (Wildman–Crippen LogP) is 3.02. The first kappa shape index (κ1) is 17.0. The number of amides is 2. The smallest absolute Gasteiger partial charge is 0.308 e. The Morgan fingerprint density at radius 2 is 1.96 bits per heavy atom. The van der Waals surface area contributed by atoms with E-state index in [0.717, 1.165) is 6.92 Å². The van der Waals surface area contributed by atoms with E-state index in [9.17, 15) is 23.9 Å². The monoisotopic (exact) mass is 367 g/mol. The fourth-order valence-corrected chi connectivity index (χ4v) is 2.62. The average molecular weight is 368 g/mol. The quantitative estimate of drug-likeness (QED) is 0.661. The summed E-state index contributed by atoms with van der Waals surface area (Å²) in [4.78, 5) is 35.8. The molecule has 1 aliphatic rings. The number of benzene rings is 1. The number of imide groups is 1. The van der Waals surface area contributed by atoms with Crippen molar-refractivity contribution in [1.29, 1.82) is 0 Å². The van der Waals surface area contributed by atoms with E-state index in [1.165, 1.54) is 18.2 Å². The Labute approximate surface area is 145 Å². The summed E-state index contributed by atoms with van der Waals surface area (Å²) in [6, 6.07) is 3.98. The highest BCUT2D eigenvalue weighted by atomic mass is 35.5. The van der Waals surface area contributed by atoms with Crippen LogP contribution in [0.3, 0.4) is 0 Å². The molecular formula is C16H11ClFNO6. The van der Waals surface area contributed by atoms with Gasteiger partial charge in [-0.15, -0.1) is 0 Å². The average Bonchev–Trinajstić information content (AvgIpc) is 3.03. The van der Waals surface area contributed by atoms with Crippen LogP contribution in [0.25, 0.3) is 11.3 Å². The van der Waals surface area contributed by atoms with E-state index in [2.05, 4.69) is 0 Å². The number of ether oxygens (including phenoxy) is 1. The molecule has 7 nitrogen and oxygen atoms in total. The predicted molar refractivity (Wildman–Crippen MR) is 83.8 cm³/mol. The molecule has 3 rings (SSSR count). The van der Waals surface area contributed by atoms with E-state index >= 15 is 0 Å². The Balaban J connectivity index is 2.22. The standard InChI is InChI=1S/C16H11ClFNO6/c1-7(20)24-15-13(23)14(8-3-2-4-9(17)12(8)18)25-16(15)19-10(21)5-6-11(19)22/h2-4,23H,5-6H2,1H3. The maximum atomic E-state index is 14.2. The lowest BCUT2D eigenvalue weighted by Crippen LogP contribution is -2.28. The molecule has 1 aliphatic heterocycles. The second kappa shape index (κ2) is 6.21. The van der Waals surface area contributed by atoms with Crippen LogP contribution in [0.4, 0.5) is 10.3 Å². The summed E-state index contributed by atoms with van der Waals surface area (Å²) in [5.41, 5.74) is -0.219. The van der Waals surface area contributed by atoms with Crippen molar-refractivity contribution in [2.24, 2.45) is 0 Å². The van der Waals surface area contributed by atoms with Gasteiger partial charge in [-0.1, -0.05) is 17.7 Å². The van der Waals surface area contributed by atoms with Gasteiger partial charge in [0.25, 0.3) is 5.88 Å². The highest BCUT2D eigenvalue weighted by Gasteiger charge is 2.38. The number of furan rings is 1. The second-order valence-electron chi connectivity index (χ2n) is 5.23. The van der Waals surface area contributed by atoms with Crippen LogP contribution in [0.5, 0.6) is 11.5 Å². The van der Waals surface area contributed by atoms with Crippen molar-refractivity contribution < 1.29 is 33.0 Å². The van der Waals surface area contributed by atoms with E-state index in [1.807, 2.05) is 0 Å². The first-order valence-corrected chi connectivity index (χ1v) is 7.53. The highest BCUT2D eigenvalue weighted by Crippen LogP contribution is 2.49. The number of carbonyl (C=O) groups excluding carboxylic acids is 3. The van der Waals surface area contributed by atoms with Crippen LogP contribution in [-0.2, 0) is 14.4 Å². The lowest BCUT2D eigenvalue weighted by molar-refractivity contribution is -0.132. The van der Waals surface area contributed by atoms with E-state index < -0.39 is 46.7 Å². The Kier molecular flexibility index (Phi) is 4.22. The number of aromatic hydroxyl groups is 1. The molecule has 0 bridgehead atoms. The largest absolute Gasteiger partial charge is 0.502 e. The summed E-state index contributed by atoms with van der Waals surface area (Å²) in [6.45, 7) is 1.06. The van der Waals surface area contributed by atoms with Crippen molar-refractivity contribution in [3.8, 4) is 22.8 Å². The van der Waals surface area contributed by atoms with Crippen LogP contribution in [0.1, 0.15) is 19.8 Å². The number of hydrogen-bond acceptors (Lipinski definition) is 6. The van der Waals surface area contributed by atoms with Gasteiger partial charge >= 0.3 is 5.97 Å². The number of hydrogen-bond donors (Lipinski definition) is 1. The molecule has 2 aromatic rings. The first-order valence-electron chi connectivity index (χ1n) is 7.15. The van der Waals surface area contributed by atoms with Gasteiger partial charge in [-0.25, -0.2) is 9.29 Å². The number of halogens is 2. The third-order valence-electron chi connectivity index (χ3n) is 3.52. The summed E-state index contributed by atoms with van der Waals surface area (Å²) in [5.74, 6) is -5.05. The summed E-state index contributed by atoms with van der Waals surface area (Å²) >= 11 is 5.72. The van der Waals surface area contributed by atoms with Gasteiger partial charge in [-0.05, 0) is 12.1 Å². The number of nitrogens with zero attached hydrogens (tertiary/aromatic N) is 1. The molecule has 0 radical (unpaired) electrons. The Bertz CT molecular complexity index is 890. The van der Waals surface area contributed by atoms with E-state index in [0.29, 0.717) is 4.90 Å². The summed E-state index contributed by atoms with van der Waals surface area (Å²) in [5, 5.41) is 10.1. The number of anilines is 1.